The van der Waals surface area contributed by atoms with Crippen LogP contribution in [-0.4, -0.2) is 49.3 Å². The molecule has 0 saturated carbocycles. The van der Waals surface area contributed by atoms with Crippen LogP contribution < -0.4 is 26.2 Å². The summed E-state index contributed by atoms with van der Waals surface area (Å²) in [6.07, 6.45) is 1.41. The van der Waals surface area contributed by atoms with Crippen LogP contribution in [0.25, 0.3) is 0 Å². The third-order valence-corrected chi connectivity index (χ3v) is 3.82. The summed E-state index contributed by atoms with van der Waals surface area (Å²) >= 11 is 0. The first kappa shape index (κ1) is 16.8. The Morgan fingerprint density at radius 2 is 1.96 bits per heavy atom. The number of anilines is 3. The minimum absolute atomic E-state index is 0.311. The van der Waals surface area contributed by atoms with Gasteiger partial charge in [-0.2, -0.15) is 0 Å². The molecule has 9 nitrogen and oxygen atoms in total. The highest BCUT2D eigenvalue weighted by Crippen LogP contribution is 2.26. The van der Waals surface area contributed by atoms with Gasteiger partial charge in [-0.1, -0.05) is 0 Å². The van der Waals surface area contributed by atoms with Crippen LogP contribution >= 0.6 is 0 Å². The fourth-order valence-electron chi connectivity index (χ4n) is 2.44. The van der Waals surface area contributed by atoms with Gasteiger partial charge in [-0.05, 0) is 24.3 Å². The average Bonchev–Trinajstić information content (AvgIpc) is 2.67. The van der Waals surface area contributed by atoms with Crippen LogP contribution in [0.1, 0.15) is 10.4 Å². The molecule has 132 valence electrons. The summed E-state index contributed by atoms with van der Waals surface area (Å²) in [5.41, 5.74) is 12.3. The van der Waals surface area contributed by atoms with Crippen LogP contribution in [-0.2, 0) is 4.74 Å². The number of methoxy groups -OCH3 is 1. The molecule has 3 rings (SSSR count). The second kappa shape index (κ2) is 7.67. The normalized spacial score (nSPS) is 14.0. The van der Waals surface area contributed by atoms with Crippen molar-refractivity contribution in [2.75, 3.05) is 49.5 Å². The third-order valence-electron chi connectivity index (χ3n) is 3.82. The molecule has 0 spiro atoms. The quantitative estimate of drug-likeness (QED) is 0.678. The number of nitrogens with two attached hydrogens (primary N) is 1. The molecule has 4 N–H and O–H groups in total. The maximum Gasteiger partial charge on any atom is 0.269 e. The molecule has 0 radical (unpaired) electrons. The van der Waals surface area contributed by atoms with E-state index in [9.17, 15) is 4.79 Å². The molecule has 2 heterocycles. The molecule has 9 heteroatoms. The van der Waals surface area contributed by atoms with Gasteiger partial charge >= 0.3 is 0 Å². The van der Waals surface area contributed by atoms with Crippen molar-refractivity contribution >= 4 is 23.2 Å². The number of carbonyl (C=O) groups is 1. The van der Waals surface area contributed by atoms with Crippen molar-refractivity contribution in [3.05, 3.63) is 36.2 Å². The Morgan fingerprint density at radius 1 is 1.24 bits per heavy atom. The number of hydrazine groups is 1. The minimum atomic E-state index is -0.311. The fraction of sp³-hybridized carbons (Fsp3) is 0.312. The van der Waals surface area contributed by atoms with Crippen molar-refractivity contribution in [1.29, 1.82) is 0 Å². The van der Waals surface area contributed by atoms with Crippen LogP contribution in [0.5, 0.6) is 5.75 Å². The zero-order valence-electron chi connectivity index (χ0n) is 13.9. The van der Waals surface area contributed by atoms with E-state index >= 15 is 0 Å². The van der Waals surface area contributed by atoms with Crippen molar-refractivity contribution < 1.29 is 14.3 Å². The number of ether oxygens (including phenoxy) is 2. The number of hydrogen-bond donors (Lipinski definition) is 3. The van der Waals surface area contributed by atoms with E-state index < -0.39 is 0 Å². The van der Waals surface area contributed by atoms with E-state index in [4.69, 9.17) is 15.2 Å². The van der Waals surface area contributed by atoms with Gasteiger partial charge in [-0.3, -0.25) is 15.6 Å². The summed E-state index contributed by atoms with van der Waals surface area (Å²) in [7, 11) is 1.57. The zero-order valence-corrected chi connectivity index (χ0v) is 13.9. The summed E-state index contributed by atoms with van der Waals surface area (Å²) in [6, 6.07) is 6.76. The highest BCUT2D eigenvalue weighted by atomic mass is 16.5. The molecular weight excluding hydrogens is 324 g/mol. The lowest BCUT2D eigenvalue weighted by Gasteiger charge is -2.28. The second-order valence-corrected chi connectivity index (χ2v) is 5.37. The highest BCUT2D eigenvalue weighted by Gasteiger charge is 2.18. The van der Waals surface area contributed by atoms with Crippen LogP contribution in [0.15, 0.2) is 30.6 Å². The number of amides is 1. The van der Waals surface area contributed by atoms with Crippen molar-refractivity contribution in [3.8, 4) is 5.75 Å². The van der Waals surface area contributed by atoms with Crippen molar-refractivity contribution in [2.45, 2.75) is 0 Å². The van der Waals surface area contributed by atoms with Crippen molar-refractivity contribution in [2.24, 2.45) is 0 Å². The first-order valence-electron chi connectivity index (χ1n) is 7.82. The van der Waals surface area contributed by atoms with Gasteiger partial charge in [0.05, 0.1) is 20.3 Å². The third kappa shape index (κ3) is 3.89. The van der Waals surface area contributed by atoms with Gasteiger partial charge in [-0.25, -0.2) is 9.97 Å². The Balaban J connectivity index is 1.67. The monoisotopic (exact) mass is 344 g/mol. The van der Waals surface area contributed by atoms with Crippen molar-refractivity contribution in [3.63, 3.8) is 0 Å². The number of nitrogens with one attached hydrogen (secondary N) is 2. The van der Waals surface area contributed by atoms with Crippen LogP contribution in [0.3, 0.4) is 0 Å². The summed E-state index contributed by atoms with van der Waals surface area (Å²) in [6.45, 7) is 2.67. The number of benzene rings is 1. The molecule has 1 aliphatic rings. The van der Waals surface area contributed by atoms with Gasteiger partial charge in [-0.15, -0.1) is 0 Å². The second-order valence-electron chi connectivity index (χ2n) is 5.37. The molecule has 1 fully saturated rings. The SMILES string of the molecule is COc1ccc(C(=O)NNc2ncnc(N3CCOCC3)c2N)cc1. The number of nitrogen functional groups attached to an aromatic ring is 1. The first-order valence-corrected chi connectivity index (χ1v) is 7.82. The standard InChI is InChI=1S/C16H20N6O3/c1-24-12-4-2-11(3-5-12)16(23)21-20-14-13(17)15(19-10-18-14)22-6-8-25-9-7-22/h2-5,10H,6-9,17H2,1H3,(H,21,23)(H,18,19,20). The predicted molar refractivity (Wildman–Crippen MR) is 93.6 cm³/mol. The number of rotatable bonds is 5. The lowest BCUT2D eigenvalue weighted by Crippen LogP contribution is -2.37. The van der Waals surface area contributed by atoms with Gasteiger partial charge in [0.15, 0.2) is 11.6 Å². The fourth-order valence-corrected chi connectivity index (χ4v) is 2.44. The number of morpholine rings is 1. The summed E-state index contributed by atoms with van der Waals surface area (Å²) in [5.74, 6) is 1.34. The molecule has 1 saturated heterocycles. The summed E-state index contributed by atoms with van der Waals surface area (Å²) in [4.78, 5) is 22.5. The molecule has 1 aromatic heterocycles. The van der Waals surface area contributed by atoms with Crippen LogP contribution in [0, 0.1) is 0 Å². The number of nitrogens with zero attached hydrogens (tertiary/aromatic N) is 3. The molecule has 0 atom stereocenters. The zero-order chi connectivity index (χ0) is 17.6. The molecule has 25 heavy (non-hydrogen) atoms. The molecule has 2 aromatic rings. The molecule has 0 unspecified atom stereocenters. The predicted octanol–water partition coefficient (Wildman–Crippen LogP) is 0.661. The highest BCUT2D eigenvalue weighted by molar-refractivity contribution is 5.95. The minimum Gasteiger partial charge on any atom is -0.497 e. The Kier molecular flexibility index (Phi) is 5.14. The summed E-state index contributed by atoms with van der Waals surface area (Å²) < 4.78 is 10.4. The first-order chi connectivity index (χ1) is 12.2. The average molecular weight is 344 g/mol. The van der Waals surface area contributed by atoms with Crippen LogP contribution in [0.2, 0.25) is 0 Å². The Bertz CT molecular complexity index is 731. The molecule has 1 aliphatic heterocycles. The van der Waals surface area contributed by atoms with E-state index in [0.29, 0.717) is 54.9 Å². The smallest absolute Gasteiger partial charge is 0.269 e. The van der Waals surface area contributed by atoms with E-state index in [1.807, 2.05) is 4.90 Å². The van der Waals surface area contributed by atoms with Crippen molar-refractivity contribution in [1.82, 2.24) is 15.4 Å². The molecule has 0 aliphatic carbocycles. The topological polar surface area (TPSA) is 115 Å². The molecule has 0 bridgehead atoms. The largest absolute Gasteiger partial charge is 0.497 e. The lowest BCUT2D eigenvalue weighted by molar-refractivity contribution is 0.0962. The maximum atomic E-state index is 12.2. The van der Waals surface area contributed by atoms with Gasteiger partial charge in [0, 0.05) is 18.7 Å². The Hall–Kier alpha value is -3.07. The lowest BCUT2D eigenvalue weighted by atomic mass is 10.2. The molecule has 1 amide bonds. The van der Waals surface area contributed by atoms with E-state index in [0.717, 1.165) is 0 Å². The Labute approximate surface area is 145 Å². The number of aromatic nitrogens is 2. The number of carbonyl (C=O) groups excluding carboxylic acids is 1. The number of hydrogen-bond acceptors (Lipinski definition) is 8. The summed E-state index contributed by atoms with van der Waals surface area (Å²) in [5, 5.41) is 0. The molecule has 1 aromatic carbocycles. The molecular formula is C16H20N6O3. The van der Waals surface area contributed by atoms with Gasteiger partial charge in [0.2, 0.25) is 0 Å². The van der Waals surface area contributed by atoms with Crippen LogP contribution in [0.4, 0.5) is 17.3 Å². The van der Waals surface area contributed by atoms with E-state index in [1.54, 1.807) is 31.4 Å². The van der Waals surface area contributed by atoms with Gasteiger partial charge < -0.3 is 20.1 Å². The van der Waals surface area contributed by atoms with E-state index in [1.165, 1.54) is 6.33 Å². The van der Waals surface area contributed by atoms with E-state index in [-0.39, 0.29) is 5.91 Å². The van der Waals surface area contributed by atoms with Gasteiger partial charge in [0.1, 0.15) is 17.8 Å². The maximum absolute atomic E-state index is 12.2. The van der Waals surface area contributed by atoms with Gasteiger partial charge in [0.25, 0.3) is 5.91 Å². The van der Waals surface area contributed by atoms with E-state index in [2.05, 4.69) is 20.8 Å². The Morgan fingerprint density at radius 3 is 2.64 bits per heavy atom.